The smallest absolute Gasteiger partial charge is 0.194 e. The molecule has 1 N–H and O–H groups in total. The SMILES string of the molecule is CCCNC(c1ccc(F)c(F)c1F)C1CN(C)CCO1. The number of halogens is 3. The van der Waals surface area contributed by atoms with Crippen molar-refractivity contribution in [3.8, 4) is 0 Å². The molecule has 2 unspecified atom stereocenters. The Kier molecular flexibility index (Phi) is 5.61. The topological polar surface area (TPSA) is 24.5 Å². The van der Waals surface area contributed by atoms with E-state index in [-0.39, 0.29) is 11.7 Å². The molecule has 0 aromatic heterocycles. The Morgan fingerprint density at radius 3 is 2.76 bits per heavy atom. The summed E-state index contributed by atoms with van der Waals surface area (Å²) in [5, 5.41) is 3.18. The molecule has 1 aromatic carbocycles. The first kappa shape index (κ1) is 16.3. The summed E-state index contributed by atoms with van der Waals surface area (Å²) in [6, 6.07) is 1.75. The molecule has 1 aliphatic heterocycles. The third-order valence-corrected chi connectivity index (χ3v) is 3.68. The first-order valence-corrected chi connectivity index (χ1v) is 7.21. The van der Waals surface area contributed by atoms with Crippen molar-refractivity contribution in [2.75, 3.05) is 33.3 Å². The van der Waals surface area contributed by atoms with E-state index in [2.05, 4.69) is 10.2 Å². The van der Waals surface area contributed by atoms with Crippen molar-refractivity contribution < 1.29 is 17.9 Å². The second-order valence-electron chi connectivity index (χ2n) is 5.37. The molecule has 1 heterocycles. The van der Waals surface area contributed by atoms with Gasteiger partial charge in [-0.05, 0) is 26.1 Å². The number of nitrogens with zero attached hydrogens (tertiary/aromatic N) is 1. The van der Waals surface area contributed by atoms with Crippen LogP contribution in [0.2, 0.25) is 0 Å². The minimum absolute atomic E-state index is 0.114. The Bertz CT molecular complexity index is 484. The van der Waals surface area contributed by atoms with Crippen LogP contribution in [0, 0.1) is 17.5 Å². The first-order valence-electron chi connectivity index (χ1n) is 7.21. The van der Waals surface area contributed by atoms with E-state index >= 15 is 0 Å². The van der Waals surface area contributed by atoms with Crippen LogP contribution in [0.5, 0.6) is 0 Å². The van der Waals surface area contributed by atoms with Crippen molar-refractivity contribution in [2.45, 2.75) is 25.5 Å². The molecule has 2 atom stereocenters. The van der Waals surface area contributed by atoms with Gasteiger partial charge in [0.1, 0.15) is 0 Å². The van der Waals surface area contributed by atoms with Crippen LogP contribution in [0.25, 0.3) is 0 Å². The van der Waals surface area contributed by atoms with E-state index in [9.17, 15) is 13.2 Å². The van der Waals surface area contributed by atoms with Crippen LogP contribution in [0.3, 0.4) is 0 Å². The van der Waals surface area contributed by atoms with Gasteiger partial charge >= 0.3 is 0 Å². The average molecular weight is 302 g/mol. The zero-order valence-corrected chi connectivity index (χ0v) is 12.3. The summed E-state index contributed by atoms with van der Waals surface area (Å²) in [7, 11) is 1.95. The molecule has 0 spiro atoms. The predicted octanol–water partition coefficient (Wildman–Crippen LogP) is 2.48. The lowest BCUT2D eigenvalue weighted by Crippen LogP contribution is -2.47. The van der Waals surface area contributed by atoms with Crippen LogP contribution in [0.1, 0.15) is 24.9 Å². The monoisotopic (exact) mass is 302 g/mol. The van der Waals surface area contributed by atoms with Crippen molar-refractivity contribution >= 4 is 0 Å². The number of morpholine rings is 1. The van der Waals surface area contributed by atoms with E-state index in [0.29, 0.717) is 19.7 Å². The quantitative estimate of drug-likeness (QED) is 0.846. The molecule has 1 fully saturated rings. The molecule has 1 aromatic rings. The van der Waals surface area contributed by atoms with Crippen LogP contribution in [-0.4, -0.2) is 44.3 Å². The molecule has 0 amide bonds. The third-order valence-electron chi connectivity index (χ3n) is 3.68. The standard InChI is InChI=1S/C15H21F3N2O/c1-3-6-19-15(12-9-20(2)7-8-21-12)10-4-5-11(16)14(18)13(10)17/h4-5,12,15,19H,3,6-9H2,1-2H3. The fourth-order valence-corrected chi connectivity index (χ4v) is 2.54. The molecule has 0 bridgehead atoms. The second-order valence-corrected chi connectivity index (χ2v) is 5.37. The van der Waals surface area contributed by atoms with Crippen LogP contribution >= 0.6 is 0 Å². The number of benzene rings is 1. The average Bonchev–Trinajstić information content (AvgIpc) is 2.47. The third kappa shape index (κ3) is 3.75. The molecule has 1 saturated heterocycles. The van der Waals surface area contributed by atoms with Crippen molar-refractivity contribution in [1.82, 2.24) is 10.2 Å². The summed E-state index contributed by atoms with van der Waals surface area (Å²) >= 11 is 0. The zero-order chi connectivity index (χ0) is 15.4. The van der Waals surface area contributed by atoms with Gasteiger partial charge in [-0.15, -0.1) is 0 Å². The molecule has 0 radical (unpaired) electrons. The van der Waals surface area contributed by atoms with E-state index in [1.54, 1.807) is 0 Å². The summed E-state index contributed by atoms with van der Waals surface area (Å²) < 4.78 is 46.4. The Hall–Kier alpha value is -1.11. The minimum Gasteiger partial charge on any atom is -0.374 e. The van der Waals surface area contributed by atoms with Crippen molar-refractivity contribution in [2.24, 2.45) is 0 Å². The van der Waals surface area contributed by atoms with Gasteiger partial charge in [-0.2, -0.15) is 0 Å². The van der Waals surface area contributed by atoms with Gasteiger partial charge in [0, 0.05) is 18.7 Å². The molecule has 1 aliphatic rings. The summed E-state index contributed by atoms with van der Waals surface area (Å²) in [6.07, 6.45) is 0.555. The predicted molar refractivity (Wildman–Crippen MR) is 74.6 cm³/mol. The van der Waals surface area contributed by atoms with Crippen molar-refractivity contribution in [3.05, 3.63) is 35.1 Å². The maximum Gasteiger partial charge on any atom is 0.194 e. The largest absolute Gasteiger partial charge is 0.374 e. The van der Waals surface area contributed by atoms with E-state index in [1.165, 1.54) is 6.07 Å². The highest BCUT2D eigenvalue weighted by molar-refractivity contribution is 5.25. The molecule has 3 nitrogen and oxygen atoms in total. The maximum atomic E-state index is 14.1. The highest BCUT2D eigenvalue weighted by atomic mass is 19.2. The maximum absolute atomic E-state index is 14.1. The second kappa shape index (κ2) is 7.24. The zero-order valence-electron chi connectivity index (χ0n) is 12.3. The van der Waals surface area contributed by atoms with E-state index < -0.39 is 23.5 Å². The van der Waals surface area contributed by atoms with Gasteiger partial charge in [-0.1, -0.05) is 13.0 Å². The summed E-state index contributed by atoms with van der Waals surface area (Å²) in [5.74, 6) is -3.74. The number of nitrogens with one attached hydrogen (secondary N) is 1. The van der Waals surface area contributed by atoms with Gasteiger partial charge in [0.25, 0.3) is 0 Å². The van der Waals surface area contributed by atoms with Gasteiger partial charge in [0.2, 0.25) is 0 Å². The van der Waals surface area contributed by atoms with Gasteiger partial charge < -0.3 is 15.0 Å². The Balaban J connectivity index is 2.29. The molecule has 0 saturated carbocycles. The summed E-state index contributed by atoms with van der Waals surface area (Å²) in [6.45, 7) is 4.58. The first-order chi connectivity index (χ1) is 10.0. The van der Waals surface area contributed by atoms with Gasteiger partial charge in [0.15, 0.2) is 17.5 Å². The van der Waals surface area contributed by atoms with E-state index in [4.69, 9.17) is 4.74 Å². The van der Waals surface area contributed by atoms with Crippen molar-refractivity contribution in [1.29, 1.82) is 0 Å². The van der Waals surface area contributed by atoms with Gasteiger partial charge in [0.05, 0.1) is 18.8 Å². The van der Waals surface area contributed by atoms with Gasteiger partial charge in [-0.3, -0.25) is 0 Å². The number of hydrogen-bond donors (Lipinski definition) is 1. The van der Waals surface area contributed by atoms with E-state index in [1.807, 2.05) is 14.0 Å². The lowest BCUT2D eigenvalue weighted by molar-refractivity contribution is -0.0398. The molecular formula is C15H21F3N2O. The highest BCUT2D eigenvalue weighted by Gasteiger charge is 2.31. The van der Waals surface area contributed by atoms with Gasteiger partial charge in [-0.25, -0.2) is 13.2 Å². The lowest BCUT2D eigenvalue weighted by Gasteiger charge is -2.36. The van der Waals surface area contributed by atoms with Crippen LogP contribution in [0.15, 0.2) is 12.1 Å². The lowest BCUT2D eigenvalue weighted by atomic mass is 9.98. The molecule has 0 aliphatic carbocycles. The molecule has 21 heavy (non-hydrogen) atoms. The Labute approximate surface area is 123 Å². The normalized spacial score (nSPS) is 21.5. The number of ether oxygens (including phenoxy) is 1. The van der Waals surface area contributed by atoms with E-state index in [0.717, 1.165) is 19.0 Å². The number of likely N-dealkylation sites (N-methyl/N-ethyl adjacent to an activating group) is 1. The Morgan fingerprint density at radius 2 is 2.10 bits per heavy atom. The fraction of sp³-hybridized carbons (Fsp3) is 0.600. The molecule has 2 rings (SSSR count). The Morgan fingerprint density at radius 1 is 1.33 bits per heavy atom. The van der Waals surface area contributed by atoms with Crippen LogP contribution in [-0.2, 0) is 4.74 Å². The molecule has 6 heteroatoms. The molecule has 118 valence electrons. The minimum atomic E-state index is -1.43. The number of rotatable bonds is 5. The molecular weight excluding hydrogens is 281 g/mol. The van der Waals surface area contributed by atoms with Crippen LogP contribution in [0.4, 0.5) is 13.2 Å². The van der Waals surface area contributed by atoms with Crippen LogP contribution < -0.4 is 5.32 Å². The number of hydrogen-bond acceptors (Lipinski definition) is 3. The summed E-state index contributed by atoms with van der Waals surface area (Å²) in [5.41, 5.74) is 0.114. The fourth-order valence-electron chi connectivity index (χ4n) is 2.54. The highest BCUT2D eigenvalue weighted by Crippen LogP contribution is 2.27. The summed E-state index contributed by atoms with van der Waals surface area (Å²) in [4.78, 5) is 2.08. The van der Waals surface area contributed by atoms with Crippen molar-refractivity contribution in [3.63, 3.8) is 0 Å².